The van der Waals surface area contributed by atoms with E-state index in [0.29, 0.717) is 5.70 Å². The second-order valence-corrected chi connectivity index (χ2v) is 4.10. The topological polar surface area (TPSA) is 78.8 Å². The number of aliphatic hydroxyl groups excluding tert-OH is 2. The largest absolute Gasteiger partial charge is 0.481 e. The molecule has 0 spiro atoms. The lowest BCUT2D eigenvalue weighted by Crippen LogP contribution is -2.44. The standard InChI is InChI=1S/C13H15NO4/c1-3-4-5-6-8-10(15)11(16)9-12(18-8)7(2)14-13(9)17/h3-6,8,10-11,15-16H,2H2,1H3,(H,14,17)/b4-3+,6-5+/t8?,10-,11-/m0/s1. The average molecular weight is 249 g/mol. The Morgan fingerprint density at radius 1 is 1.39 bits per heavy atom. The first kappa shape index (κ1) is 12.6. The van der Waals surface area contributed by atoms with Crippen LogP contribution in [-0.2, 0) is 9.53 Å². The highest BCUT2D eigenvalue weighted by atomic mass is 16.5. The van der Waals surface area contributed by atoms with Crippen molar-refractivity contribution in [2.45, 2.75) is 25.2 Å². The third-order valence-corrected chi connectivity index (χ3v) is 2.84. The molecule has 0 aliphatic carbocycles. The van der Waals surface area contributed by atoms with Crippen LogP contribution in [0.15, 0.2) is 47.9 Å². The van der Waals surface area contributed by atoms with Crippen molar-refractivity contribution >= 4 is 5.91 Å². The van der Waals surface area contributed by atoms with Gasteiger partial charge < -0.3 is 20.3 Å². The van der Waals surface area contributed by atoms with Gasteiger partial charge in [-0.25, -0.2) is 0 Å². The molecule has 0 aromatic heterocycles. The van der Waals surface area contributed by atoms with E-state index < -0.39 is 24.2 Å². The first-order valence-corrected chi connectivity index (χ1v) is 5.63. The Kier molecular flexibility index (Phi) is 3.36. The summed E-state index contributed by atoms with van der Waals surface area (Å²) in [6, 6.07) is 0. The van der Waals surface area contributed by atoms with E-state index in [1.807, 2.05) is 13.0 Å². The molecule has 0 saturated heterocycles. The summed E-state index contributed by atoms with van der Waals surface area (Å²) in [4.78, 5) is 11.5. The van der Waals surface area contributed by atoms with Crippen LogP contribution in [0.25, 0.3) is 0 Å². The van der Waals surface area contributed by atoms with Gasteiger partial charge in [0.2, 0.25) is 0 Å². The Balaban J connectivity index is 2.28. The summed E-state index contributed by atoms with van der Waals surface area (Å²) in [5, 5.41) is 22.3. The fraction of sp³-hybridized carbons (Fsp3) is 0.308. The normalized spacial score (nSPS) is 32.1. The van der Waals surface area contributed by atoms with Gasteiger partial charge in [-0.1, -0.05) is 24.8 Å². The van der Waals surface area contributed by atoms with Crippen LogP contribution in [0.3, 0.4) is 0 Å². The Labute approximate surface area is 105 Å². The summed E-state index contributed by atoms with van der Waals surface area (Å²) in [7, 11) is 0. The molecule has 3 N–H and O–H groups in total. The molecule has 0 fully saturated rings. The van der Waals surface area contributed by atoms with Gasteiger partial charge in [-0.3, -0.25) is 4.79 Å². The molecule has 2 aliphatic heterocycles. The van der Waals surface area contributed by atoms with Gasteiger partial charge in [0.15, 0.2) is 5.76 Å². The highest BCUT2D eigenvalue weighted by molar-refractivity contribution is 6.00. The summed E-state index contributed by atoms with van der Waals surface area (Å²) in [6.07, 6.45) is 3.77. The van der Waals surface area contributed by atoms with Crippen LogP contribution in [0, 0.1) is 0 Å². The van der Waals surface area contributed by atoms with E-state index >= 15 is 0 Å². The third-order valence-electron chi connectivity index (χ3n) is 2.84. The summed E-state index contributed by atoms with van der Waals surface area (Å²) in [5.74, 6) is -0.245. The summed E-state index contributed by atoms with van der Waals surface area (Å²) in [5.41, 5.74) is 0.355. The predicted molar refractivity (Wildman–Crippen MR) is 65.1 cm³/mol. The molecule has 2 rings (SSSR count). The van der Waals surface area contributed by atoms with Crippen LogP contribution in [0.2, 0.25) is 0 Å². The number of carbonyl (C=O) groups is 1. The van der Waals surface area contributed by atoms with E-state index in [1.165, 1.54) is 0 Å². The lowest BCUT2D eigenvalue weighted by atomic mass is 9.96. The molecule has 96 valence electrons. The number of hydrogen-bond donors (Lipinski definition) is 3. The van der Waals surface area contributed by atoms with Gasteiger partial charge in [0.25, 0.3) is 5.91 Å². The van der Waals surface area contributed by atoms with Gasteiger partial charge in [0, 0.05) is 0 Å². The molecule has 0 bridgehead atoms. The number of rotatable bonds is 2. The zero-order chi connectivity index (χ0) is 13.3. The zero-order valence-electron chi connectivity index (χ0n) is 9.96. The van der Waals surface area contributed by atoms with Gasteiger partial charge in [0.1, 0.15) is 18.3 Å². The van der Waals surface area contributed by atoms with Crippen LogP contribution >= 0.6 is 0 Å². The Bertz CT molecular complexity index is 475. The molecule has 0 aromatic carbocycles. The van der Waals surface area contributed by atoms with Crippen LogP contribution < -0.4 is 5.32 Å². The van der Waals surface area contributed by atoms with E-state index in [-0.39, 0.29) is 11.3 Å². The Hall–Kier alpha value is -1.85. The maximum absolute atomic E-state index is 11.5. The van der Waals surface area contributed by atoms with E-state index in [4.69, 9.17) is 4.74 Å². The van der Waals surface area contributed by atoms with E-state index in [2.05, 4.69) is 11.9 Å². The minimum Gasteiger partial charge on any atom is -0.481 e. The SMILES string of the molecule is C=C1NC(=O)C2=C1OC(/C=C/C=C/C)[C@H](O)[C@H]2O. The summed E-state index contributed by atoms with van der Waals surface area (Å²) in [6.45, 7) is 5.49. The molecule has 5 nitrogen and oxygen atoms in total. The van der Waals surface area contributed by atoms with Gasteiger partial charge in [0.05, 0.1) is 11.3 Å². The molecule has 2 heterocycles. The molecule has 2 aliphatic rings. The molecule has 18 heavy (non-hydrogen) atoms. The second kappa shape index (κ2) is 4.80. The lowest BCUT2D eigenvalue weighted by molar-refractivity contribution is -0.119. The molecule has 5 heteroatoms. The van der Waals surface area contributed by atoms with E-state index in [9.17, 15) is 15.0 Å². The van der Waals surface area contributed by atoms with Crippen molar-refractivity contribution in [1.29, 1.82) is 0 Å². The highest BCUT2D eigenvalue weighted by Gasteiger charge is 2.44. The first-order chi connectivity index (χ1) is 8.56. The van der Waals surface area contributed by atoms with Crippen molar-refractivity contribution in [2.75, 3.05) is 0 Å². The van der Waals surface area contributed by atoms with Crippen LogP contribution in [-0.4, -0.2) is 34.4 Å². The Morgan fingerprint density at radius 3 is 2.78 bits per heavy atom. The number of ether oxygens (including phenoxy) is 1. The number of amides is 1. The zero-order valence-corrected chi connectivity index (χ0v) is 9.96. The minimum absolute atomic E-state index is 0.0446. The lowest BCUT2D eigenvalue weighted by Gasteiger charge is -2.30. The molecule has 0 aromatic rings. The molecule has 1 amide bonds. The Morgan fingerprint density at radius 2 is 2.11 bits per heavy atom. The summed E-state index contributed by atoms with van der Waals surface area (Å²) < 4.78 is 5.49. The second-order valence-electron chi connectivity index (χ2n) is 4.10. The van der Waals surface area contributed by atoms with Crippen molar-refractivity contribution in [3.8, 4) is 0 Å². The summed E-state index contributed by atoms with van der Waals surface area (Å²) >= 11 is 0. The number of allylic oxidation sites excluding steroid dienone is 3. The molecule has 0 radical (unpaired) electrons. The predicted octanol–water partition coefficient (Wildman–Crippen LogP) is 0.137. The van der Waals surface area contributed by atoms with Crippen LogP contribution in [0.4, 0.5) is 0 Å². The van der Waals surface area contributed by atoms with Gasteiger partial charge in [-0.2, -0.15) is 0 Å². The fourth-order valence-electron chi connectivity index (χ4n) is 1.92. The molecule has 0 saturated carbocycles. The van der Waals surface area contributed by atoms with Crippen molar-refractivity contribution in [1.82, 2.24) is 5.32 Å². The minimum atomic E-state index is -1.27. The molecular formula is C13H15NO4. The molecular weight excluding hydrogens is 234 g/mol. The number of nitrogens with one attached hydrogen (secondary N) is 1. The first-order valence-electron chi connectivity index (χ1n) is 5.63. The van der Waals surface area contributed by atoms with Crippen molar-refractivity contribution < 1.29 is 19.7 Å². The number of carbonyl (C=O) groups excluding carboxylic acids is 1. The quantitative estimate of drug-likeness (QED) is 0.608. The van der Waals surface area contributed by atoms with Crippen LogP contribution in [0.5, 0.6) is 0 Å². The highest BCUT2D eigenvalue weighted by Crippen LogP contribution is 2.32. The van der Waals surface area contributed by atoms with Crippen molar-refractivity contribution in [3.05, 3.63) is 47.9 Å². The number of hydrogen-bond acceptors (Lipinski definition) is 4. The van der Waals surface area contributed by atoms with Crippen molar-refractivity contribution in [3.63, 3.8) is 0 Å². The third kappa shape index (κ3) is 1.98. The van der Waals surface area contributed by atoms with Crippen LogP contribution in [0.1, 0.15) is 6.92 Å². The fourth-order valence-corrected chi connectivity index (χ4v) is 1.92. The molecule has 1 unspecified atom stereocenters. The van der Waals surface area contributed by atoms with E-state index in [1.54, 1.807) is 18.2 Å². The monoisotopic (exact) mass is 249 g/mol. The smallest absolute Gasteiger partial charge is 0.258 e. The average Bonchev–Trinajstić information content (AvgIpc) is 2.61. The van der Waals surface area contributed by atoms with Crippen molar-refractivity contribution in [2.24, 2.45) is 0 Å². The van der Waals surface area contributed by atoms with E-state index in [0.717, 1.165) is 0 Å². The van der Waals surface area contributed by atoms with Gasteiger partial charge in [-0.15, -0.1) is 0 Å². The maximum atomic E-state index is 11.5. The maximum Gasteiger partial charge on any atom is 0.258 e. The van der Waals surface area contributed by atoms with Gasteiger partial charge >= 0.3 is 0 Å². The molecule has 3 atom stereocenters. The van der Waals surface area contributed by atoms with Gasteiger partial charge in [-0.05, 0) is 13.0 Å². The number of aliphatic hydroxyl groups is 2.